The fourth-order valence-electron chi connectivity index (χ4n) is 3.27. The lowest BCUT2D eigenvalue weighted by molar-refractivity contribution is -0.131. The molecule has 6 heteroatoms. The van der Waals surface area contributed by atoms with E-state index in [4.69, 9.17) is 9.47 Å². The zero-order chi connectivity index (χ0) is 21.8. The summed E-state index contributed by atoms with van der Waals surface area (Å²) < 4.78 is 10.2. The molecule has 0 saturated carbocycles. The number of aromatic nitrogens is 1. The quantitative estimate of drug-likeness (QED) is 0.279. The Morgan fingerprint density at radius 1 is 0.839 bits per heavy atom. The van der Waals surface area contributed by atoms with Crippen molar-refractivity contribution < 1.29 is 23.9 Å². The maximum Gasteiger partial charge on any atom is 0.338 e. The highest BCUT2D eigenvalue weighted by molar-refractivity contribution is 6.09. The van der Waals surface area contributed by atoms with Crippen molar-refractivity contribution in [1.29, 1.82) is 0 Å². The van der Waals surface area contributed by atoms with Crippen LogP contribution in [0, 0.1) is 0 Å². The maximum absolute atomic E-state index is 12.5. The van der Waals surface area contributed by atoms with Crippen LogP contribution in [0.4, 0.5) is 0 Å². The first kappa shape index (κ1) is 20.1. The van der Waals surface area contributed by atoms with Gasteiger partial charge in [0.05, 0.1) is 5.56 Å². The Morgan fingerprint density at radius 3 is 2.16 bits per heavy atom. The number of hydrogen-bond donors (Lipinski definition) is 1. The molecule has 0 saturated heterocycles. The van der Waals surface area contributed by atoms with Crippen LogP contribution in [0.2, 0.25) is 0 Å². The Morgan fingerprint density at radius 2 is 1.48 bits per heavy atom. The SMILES string of the molecule is CC(=O)Oc1ccc(-c2ccc(C(=O)OCC(=O)c3c[nH]c4ccccc34)cc2)cc1. The molecule has 154 valence electrons. The molecule has 0 spiro atoms. The van der Waals surface area contributed by atoms with Gasteiger partial charge in [-0.2, -0.15) is 0 Å². The number of ketones is 1. The number of esters is 2. The van der Waals surface area contributed by atoms with Gasteiger partial charge in [-0.3, -0.25) is 9.59 Å². The highest BCUT2D eigenvalue weighted by atomic mass is 16.5. The average molecular weight is 413 g/mol. The van der Waals surface area contributed by atoms with Crippen molar-refractivity contribution >= 4 is 28.6 Å². The van der Waals surface area contributed by atoms with E-state index < -0.39 is 5.97 Å². The molecule has 0 aliphatic carbocycles. The monoisotopic (exact) mass is 413 g/mol. The molecule has 0 bridgehead atoms. The summed E-state index contributed by atoms with van der Waals surface area (Å²) in [4.78, 5) is 38.8. The van der Waals surface area contributed by atoms with E-state index in [9.17, 15) is 14.4 Å². The molecule has 4 aromatic rings. The van der Waals surface area contributed by atoms with Crippen LogP contribution in [-0.4, -0.2) is 29.3 Å². The highest BCUT2D eigenvalue weighted by Crippen LogP contribution is 2.23. The number of carbonyl (C=O) groups is 3. The van der Waals surface area contributed by atoms with Crippen LogP contribution in [0.25, 0.3) is 22.0 Å². The van der Waals surface area contributed by atoms with Crippen LogP contribution in [-0.2, 0) is 9.53 Å². The molecule has 1 heterocycles. The van der Waals surface area contributed by atoms with Gasteiger partial charge in [0.15, 0.2) is 6.61 Å². The van der Waals surface area contributed by atoms with Crippen molar-refractivity contribution in [3.8, 4) is 16.9 Å². The first-order valence-corrected chi connectivity index (χ1v) is 9.66. The second-order valence-corrected chi connectivity index (χ2v) is 6.94. The predicted octanol–water partition coefficient (Wildman–Crippen LogP) is 4.80. The van der Waals surface area contributed by atoms with Crippen molar-refractivity contribution in [3.63, 3.8) is 0 Å². The van der Waals surface area contributed by atoms with Crippen LogP contribution in [0.3, 0.4) is 0 Å². The highest BCUT2D eigenvalue weighted by Gasteiger charge is 2.15. The summed E-state index contributed by atoms with van der Waals surface area (Å²) in [6.07, 6.45) is 1.63. The van der Waals surface area contributed by atoms with Gasteiger partial charge in [-0.25, -0.2) is 4.79 Å². The lowest BCUT2D eigenvalue weighted by Crippen LogP contribution is -2.14. The lowest BCUT2D eigenvalue weighted by atomic mass is 10.0. The molecular formula is C25H19NO5. The number of fused-ring (bicyclic) bond motifs is 1. The van der Waals surface area contributed by atoms with E-state index in [0.29, 0.717) is 16.9 Å². The second kappa shape index (κ2) is 8.67. The summed E-state index contributed by atoms with van der Waals surface area (Å²) in [5.74, 6) is -0.740. The normalized spacial score (nSPS) is 10.6. The minimum Gasteiger partial charge on any atom is -0.454 e. The summed E-state index contributed by atoms with van der Waals surface area (Å²) in [7, 11) is 0. The van der Waals surface area contributed by atoms with Gasteiger partial charge < -0.3 is 14.5 Å². The number of hydrogen-bond acceptors (Lipinski definition) is 5. The molecule has 0 radical (unpaired) electrons. The van der Waals surface area contributed by atoms with Gasteiger partial charge in [-0.05, 0) is 41.5 Å². The number of Topliss-reactive ketones (excluding diaryl/α,β-unsaturated/α-hetero) is 1. The average Bonchev–Trinajstić information content (AvgIpc) is 3.22. The first-order chi connectivity index (χ1) is 15.0. The van der Waals surface area contributed by atoms with Gasteiger partial charge in [-0.1, -0.05) is 42.5 Å². The van der Waals surface area contributed by atoms with E-state index in [1.165, 1.54) is 6.92 Å². The van der Waals surface area contributed by atoms with Crippen LogP contribution in [0.1, 0.15) is 27.6 Å². The van der Waals surface area contributed by atoms with Gasteiger partial charge in [0, 0.05) is 29.6 Å². The topological polar surface area (TPSA) is 85.5 Å². The van der Waals surface area contributed by atoms with E-state index in [1.54, 1.807) is 42.6 Å². The predicted molar refractivity (Wildman–Crippen MR) is 116 cm³/mol. The Balaban J connectivity index is 1.39. The summed E-state index contributed by atoms with van der Waals surface area (Å²) in [5.41, 5.74) is 3.50. The number of H-pyrrole nitrogens is 1. The molecule has 1 aromatic heterocycles. The standard InChI is InChI=1S/C25H19NO5/c1-16(27)31-20-12-10-18(11-13-20)17-6-8-19(9-7-17)25(29)30-15-24(28)22-14-26-23-5-3-2-4-21(22)23/h2-14,26H,15H2,1H3. The third-order valence-electron chi connectivity index (χ3n) is 4.79. The summed E-state index contributed by atoms with van der Waals surface area (Å²) >= 11 is 0. The lowest BCUT2D eigenvalue weighted by Gasteiger charge is -2.07. The molecule has 31 heavy (non-hydrogen) atoms. The number of benzene rings is 3. The second-order valence-electron chi connectivity index (χ2n) is 6.94. The van der Waals surface area contributed by atoms with Crippen molar-refractivity contribution in [3.05, 3.63) is 90.1 Å². The number of nitrogens with one attached hydrogen (secondary N) is 1. The van der Waals surface area contributed by atoms with Crippen molar-refractivity contribution in [2.45, 2.75) is 6.92 Å². The summed E-state index contributed by atoms with van der Waals surface area (Å²) in [5, 5.41) is 0.799. The zero-order valence-electron chi connectivity index (χ0n) is 16.8. The Bertz CT molecular complexity index is 1250. The van der Waals surface area contributed by atoms with Crippen LogP contribution in [0.15, 0.2) is 79.0 Å². The number of ether oxygens (including phenoxy) is 2. The Hall–Kier alpha value is -4.19. The summed E-state index contributed by atoms with van der Waals surface area (Å²) in [6, 6.07) is 21.4. The van der Waals surface area contributed by atoms with Crippen LogP contribution < -0.4 is 4.74 Å². The molecule has 3 aromatic carbocycles. The van der Waals surface area contributed by atoms with E-state index in [0.717, 1.165) is 22.0 Å². The van der Waals surface area contributed by atoms with Gasteiger partial charge in [-0.15, -0.1) is 0 Å². The summed E-state index contributed by atoms with van der Waals surface area (Å²) in [6.45, 7) is 1.01. The molecule has 1 N–H and O–H groups in total. The minimum atomic E-state index is -0.565. The van der Waals surface area contributed by atoms with Gasteiger partial charge >= 0.3 is 11.9 Å². The van der Waals surface area contributed by atoms with E-state index in [1.807, 2.05) is 36.4 Å². The van der Waals surface area contributed by atoms with E-state index >= 15 is 0 Å². The molecule has 0 unspecified atom stereocenters. The van der Waals surface area contributed by atoms with E-state index in [2.05, 4.69) is 4.98 Å². The Labute approximate surface area is 178 Å². The molecule has 0 amide bonds. The molecule has 0 aliphatic heterocycles. The number of rotatable bonds is 6. The van der Waals surface area contributed by atoms with Gasteiger partial charge in [0.1, 0.15) is 5.75 Å². The third-order valence-corrected chi connectivity index (χ3v) is 4.79. The van der Waals surface area contributed by atoms with Crippen molar-refractivity contribution in [2.75, 3.05) is 6.61 Å². The zero-order valence-corrected chi connectivity index (χ0v) is 16.8. The van der Waals surface area contributed by atoms with Crippen LogP contribution in [0.5, 0.6) is 5.75 Å². The number of aromatic amines is 1. The molecule has 4 rings (SSSR count). The number of carbonyl (C=O) groups excluding carboxylic acids is 3. The molecule has 0 atom stereocenters. The largest absolute Gasteiger partial charge is 0.454 e. The van der Waals surface area contributed by atoms with Crippen LogP contribution >= 0.6 is 0 Å². The minimum absolute atomic E-state index is 0.268. The smallest absolute Gasteiger partial charge is 0.338 e. The van der Waals surface area contributed by atoms with Gasteiger partial charge in [0.2, 0.25) is 5.78 Å². The fourth-order valence-corrected chi connectivity index (χ4v) is 3.27. The third kappa shape index (κ3) is 4.53. The van der Waals surface area contributed by atoms with Crippen molar-refractivity contribution in [2.24, 2.45) is 0 Å². The molecule has 0 fully saturated rings. The Kier molecular flexibility index (Phi) is 5.62. The fraction of sp³-hybridized carbons (Fsp3) is 0.0800. The molecular weight excluding hydrogens is 394 g/mol. The first-order valence-electron chi connectivity index (χ1n) is 9.66. The molecule has 6 nitrogen and oxygen atoms in total. The van der Waals surface area contributed by atoms with Gasteiger partial charge in [0.25, 0.3) is 0 Å². The van der Waals surface area contributed by atoms with Crippen molar-refractivity contribution in [1.82, 2.24) is 4.98 Å². The molecule has 0 aliphatic rings. The maximum atomic E-state index is 12.5. The van der Waals surface area contributed by atoms with E-state index in [-0.39, 0.29) is 18.4 Å². The number of para-hydroxylation sites is 1.